The van der Waals surface area contributed by atoms with Crippen LogP contribution in [0.1, 0.15) is 382 Å². The Balaban J connectivity index is 0.000000159. The van der Waals surface area contributed by atoms with Gasteiger partial charge in [-0.3, -0.25) is 0 Å². The molecule has 0 amide bonds. The molecule has 0 saturated carbocycles. The van der Waals surface area contributed by atoms with Crippen LogP contribution in [0.5, 0.6) is 40.2 Å². The third-order valence-electron chi connectivity index (χ3n) is 29.8. The molecule has 0 saturated heterocycles. The normalized spacial score (nSPS) is 15.9. The molecule has 6 aliphatic heterocycles. The Morgan fingerprint density at radius 3 is 1.26 bits per heavy atom. The highest BCUT2D eigenvalue weighted by atomic mass is 127. The number of carboxylic acids is 4. The predicted molar refractivity (Wildman–Crippen MR) is 578 cm³/mol. The maximum Gasteiger partial charge on any atom is 0.389 e. The van der Waals surface area contributed by atoms with Crippen LogP contribution in [0, 0.1) is 27.7 Å². The van der Waals surface area contributed by atoms with Crippen molar-refractivity contribution in [2.24, 2.45) is 17.3 Å². The quantitative estimate of drug-likeness (QED) is 0.0195. The lowest BCUT2D eigenvalue weighted by molar-refractivity contribution is -0.135. The summed E-state index contributed by atoms with van der Waals surface area (Å²) >= 11 is 5.90. The summed E-state index contributed by atoms with van der Waals surface area (Å²) in [5.74, 6) is 3.50. The monoisotopic (exact) mass is 2120 g/mol. The number of ether oxygens (including phenoxy) is 7. The number of benzene rings is 10. The summed E-state index contributed by atoms with van der Waals surface area (Å²) in [5, 5.41) is 38.9. The van der Waals surface area contributed by atoms with E-state index in [0.717, 1.165) is 154 Å². The van der Waals surface area contributed by atoms with Gasteiger partial charge < -0.3 is 53.6 Å². The standard InChI is InChI=1S/C26H33IO4.C25H29F3O3.C25H32O3.C23H29BrO.C23H26O4/c1-24(2,3)11-12-25(4,5)18-14-19-20(22(30-8)21(18)27)16-13-15(23(28)29)9-10-17(16)26(6,7)31-19;1-15(7-5-6-12-25(26,27)28)16(2)17-8-10-19-20-13-18(23(29)30)9-11-21(20)24(3,4)31-22(19)14-17;1-6-7-8-9-16(2)17(3)18-10-12-20-21-14-19(24(26)27)11-13-22(21)25(4,5)28-23(20)15-18;1-16-8-11-20-19(14-16)18-10-9-17(15-21(18)25-23(20,4)5)22(2,3)12-6-7-13-24;1-4-5-6-7-14-13-19-20(21-16(14)10-11-26-21)17-12-15(22(24)25)8-9-18(17)23(2,3)27-19/h9-10,13-14H,11-12H2,1-8H3,(H,28,29);8-11,13-16H,5-7,12H2,1-4H3,(H,29,30);10-17H,6-9H2,1-5H3,(H,26,27);8-11,14-15H,6-7,12-13H2,1-5H3;8-9,12-13H,4-7,10-11H2,1-3H3,(H,24,25). The van der Waals surface area contributed by atoms with Crippen molar-refractivity contribution in [3.8, 4) is 95.9 Å². The molecule has 4 unspecified atom stereocenters. The maximum atomic E-state index is 12.4. The van der Waals surface area contributed by atoms with Gasteiger partial charge in [-0.2, -0.15) is 13.2 Å². The molecule has 142 heavy (non-hydrogen) atoms. The zero-order valence-electron chi connectivity index (χ0n) is 88.1. The zero-order chi connectivity index (χ0) is 104. The van der Waals surface area contributed by atoms with E-state index in [1.54, 1.807) is 61.7 Å². The van der Waals surface area contributed by atoms with Gasteiger partial charge >= 0.3 is 30.1 Å². The van der Waals surface area contributed by atoms with Crippen molar-refractivity contribution in [2.45, 2.75) is 339 Å². The van der Waals surface area contributed by atoms with Gasteiger partial charge in [0.2, 0.25) is 0 Å². The Labute approximate surface area is 863 Å². The first-order valence-electron chi connectivity index (χ1n) is 50.8. The Morgan fingerprint density at radius 2 is 0.824 bits per heavy atom. The first kappa shape index (κ1) is 110. The summed E-state index contributed by atoms with van der Waals surface area (Å²) in [5.41, 5.74) is 22.6. The van der Waals surface area contributed by atoms with Crippen LogP contribution >= 0.6 is 38.5 Å². The van der Waals surface area contributed by atoms with Crippen LogP contribution in [0.15, 0.2) is 158 Å². The van der Waals surface area contributed by atoms with Gasteiger partial charge in [0.25, 0.3) is 0 Å². The second kappa shape index (κ2) is 44.3. The molecule has 4 N–H and O–H groups in total. The van der Waals surface area contributed by atoms with Gasteiger partial charge in [-0.05, 0) is 318 Å². The minimum absolute atomic E-state index is 0.0667. The fourth-order valence-electron chi connectivity index (χ4n) is 20.7. The smallest absolute Gasteiger partial charge is 0.389 e. The number of aryl methyl sites for hydroxylation is 2. The highest BCUT2D eigenvalue weighted by Gasteiger charge is 2.44. The molecule has 16 rings (SSSR count). The number of unbranched alkanes of at least 4 members (excludes halogenated alkanes) is 6. The van der Waals surface area contributed by atoms with Crippen LogP contribution in [0.2, 0.25) is 0 Å². The molecule has 6 aliphatic rings. The highest BCUT2D eigenvalue weighted by molar-refractivity contribution is 14.1. The average molecular weight is 2120 g/mol. The van der Waals surface area contributed by atoms with Crippen LogP contribution in [0.4, 0.5) is 13.2 Å². The van der Waals surface area contributed by atoms with Crippen LogP contribution in [-0.4, -0.2) is 69.5 Å². The zero-order valence-corrected chi connectivity index (χ0v) is 91.9. The molecule has 0 spiro atoms. The summed E-state index contributed by atoms with van der Waals surface area (Å²) in [7, 11) is 1.67. The summed E-state index contributed by atoms with van der Waals surface area (Å²) < 4.78 is 82.0. The predicted octanol–water partition coefficient (Wildman–Crippen LogP) is 34.4. The lowest BCUT2D eigenvalue weighted by Crippen LogP contribution is -2.30. The second-order valence-electron chi connectivity index (χ2n) is 44.9. The van der Waals surface area contributed by atoms with Crippen molar-refractivity contribution in [2.75, 3.05) is 19.0 Å². The Morgan fingerprint density at radius 1 is 0.430 bits per heavy atom. The number of carbonyl (C=O) groups is 4. The van der Waals surface area contributed by atoms with Gasteiger partial charge in [-0.25, -0.2) is 19.2 Å². The fraction of sp³-hybridized carbons (Fsp3) is 0.475. The Kier molecular flexibility index (Phi) is 34.5. The number of rotatable bonds is 29. The molecule has 0 aliphatic carbocycles. The molecule has 20 heteroatoms. The van der Waals surface area contributed by atoms with Crippen LogP contribution < -0.4 is 33.2 Å². The van der Waals surface area contributed by atoms with E-state index in [2.05, 4.69) is 216 Å². The van der Waals surface area contributed by atoms with E-state index in [0.29, 0.717) is 36.2 Å². The number of hydrogen-bond acceptors (Lipinski definition) is 11. The summed E-state index contributed by atoms with van der Waals surface area (Å²) in [6, 6.07) is 51.1. The number of halogens is 5. The molecule has 0 aromatic heterocycles. The van der Waals surface area contributed by atoms with E-state index < -0.39 is 58.9 Å². The first-order chi connectivity index (χ1) is 66.5. The van der Waals surface area contributed by atoms with E-state index in [9.17, 15) is 52.8 Å². The molecule has 0 radical (unpaired) electrons. The van der Waals surface area contributed by atoms with Gasteiger partial charge in [0, 0.05) is 68.2 Å². The molecule has 0 bridgehead atoms. The minimum atomic E-state index is -4.09. The van der Waals surface area contributed by atoms with Crippen LogP contribution in [0.25, 0.3) is 55.6 Å². The number of alkyl halides is 4. The number of aromatic carboxylic acids is 4. The fourth-order valence-corrected chi connectivity index (χ4v) is 22.5. The van der Waals surface area contributed by atoms with Crippen LogP contribution in [-0.2, 0) is 51.7 Å². The highest BCUT2D eigenvalue weighted by Crippen LogP contribution is 2.58. The average Bonchev–Trinajstić information content (AvgIpc) is 1.08. The number of hydrogen-bond donors (Lipinski definition) is 4. The summed E-state index contributed by atoms with van der Waals surface area (Å²) in [6.07, 6.45) is 13.0. The van der Waals surface area contributed by atoms with Gasteiger partial charge in [-0.15, -0.1) is 0 Å². The van der Waals surface area contributed by atoms with Gasteiger partial charge in [-0.1, -0.05) is 248 Å². The van der Waals surface area contributed by atoms with E-state index in [1.165, 1.54) is 108 Å². The van der Waals surface area contributed by atoms with Crippen molar-refractivity contribution in [3.63, 3.8) is 0 Å². The molecule has 15 nitrogen and oxygen atoms in total. The molecule has 762 valence electrons. The topological polar surface area (TPSA) is 214 Å². The van der Waals surface area contributed by atoms with Crippen molar-refractivity contribution in [1.82, 2.24) is 0 Å². The molecular weight excluding hydrogens is 1970 g/mol. The summed E-state index contributed by atoms with van der Waals surface area (Å²) in [4.78, 5) is 46.1. The van der Waals surface area contributed by atoms with Gasteiger partial charge in [0.15, 0.2) is 0 Å². The lowest BCUT2D eigenvalue weighted by atomic mass is 9.75. The largest absolute Gasteiger partial charge is 0.495 e. The lowest BCUT2D eigenvalue weighted by Gasteiger charge is -2.38. The molecule has 10 aromatic carbocycles. The van der Waals surface area contributed by atoms with Crippen molar-refractivity contribution in [3.05, 3.63) is 250 Å². The molecule has 0 fully saturated rings. The summed E-state index contributed by atoms with van der Waals surface area (Å²) in [6.45, 7) is 52.5. The van der Waals surface area contributed by atoms with Gasteiger partial charge in [0.05, 0.1) is 50.7 Å². The maximum absolute atomic E-state index is 12.4. The molecule has 10 aromatic rings. The van der Waals surface area contributed by atoms with E-state index in [-0.39, 0.29) is 56.8 Å². The second-order valence-corrected chi connectivity index (χ2v) is 46.7. The van der Waals surface area contributed by atoms with E-state index in [4.69, 9.17) is 33.2 Å². The van der Waals surface area contributed by atoms with Crippen LogP contribution in [0.3, 0.4) is 0 Å². The first-order valence-corrected chi connectivity index (χ1v) is 53.0. The number of carboxylic acid groups (broad SMARTS) is 4. The van der Waals surface area contributed by atoms with Crippen molar-refractivity contribution < 1.29 is 85.9 Å². The van der Waals surface area contributed by atoms with Crippen molar-refractivity contribution >= 4 is 62.4 Å². The third kappa shape index (κ3) is 25.2. The van der Waals surface area contributed by atoms with Crippen molar-refractivity contribution in [1.29, 1.82) is 0 Å². The Bertz CT molecular complexity index is 6300. The Hall–Kier alpha value is -10.3. The number of methoxy groups -OCH3 is 1. The molecular formula is C122H149BrF3IO15. The number of fused-ring (bicyclic) bond motifs is 17. The molecule has 6 heterocycles. The minimum Gasteiger partial charge on any atom is -0.495 e. The van der Waals surface area contributed by atoms with E-state index >= 15 is 0 Å². The third-order valence-corrected chi connectivity index (χ3v) is 31.4. The molecule has 4 atom stereocenters. The SMILES string of the molecule is CC(CCCCC(F)(F)F)C(C)c1ccc2c(c1)OC(C)(C)c1ccc(C(=O)O)cc1-2.CCCCCC(C)C(C)c1ccc2c(c1)OC(C)(C)c1ccc(C(=O)O)cc1-2.CCCCCc1cc2c(c3c1CCO3)-c1cc(C(=O)O)ccc1C(C)(C)O2.COc1c(I)c(C(C)(C)CCC(C)(C)C)cc2c1-c1cc(C(=O)O)ccc1C(C)(C)O2.Cc1ccc2c(c1)-c1ccc(C(C)(C)CCCCBr)cc1OC2(C)C. The van der Waals surface area contributed by atoms with E-state index in [1.807, 2.05) is 91.8 Å². The van der Waals surface area contributed by atoms with Gasteiger partial charge in [0.1, 0.15) is 68.3 Å².